The first-order chi connectivity index (χ1) is 9.78. The van der Waals surface area contributed by atoms with Crippen molar-refractivity contribution >= 4 is 6.29 Å². The molecule has 2 aromatic rings. The van der Waals surface area contributed by atoms with Crippen LogP contribution >= 0.6 is 0 Å². The fourth-order valence-electron chi connectivity index (χ4n) is 2.86. The van der Waals surface area contributed by atoms with Gasteiger partial charge in [-0.05, 0) is 31.0 Å². The Labute approximate surface area is 117 Å². The number of hydrogen-bond donors (Lipinski definition) is 0. The van der Waals surface area contributed by atoms with E-state index in [2.05, 4.69) is 5.10 Å². The lowest BCUT2D eigenvalue weighted by Gasteiger charge is -2.21. The predicted molar refractivity (Wildman–Crippen MR) is 75.1 cm³/mol. The van der Waals surface area contributed by atoms with Crippen molar-refractivity contribution < 1.29 is 9.18 Å². The van der Waals surface area contributed by atoms with Gasteiger partial charge in [0.25, 0.3) is 0 Å². The summed E-state index contributed by atoms with van der Waals surface area (Å²) in [5.41, 5.74) is 1.65. The lowest BCUT2D eigenvalue weighted by atomic mass is 9.96. The summed E-state index contributed by atoms with van der Waals surface area (Å²) in [7, 11) is 0. The average molecular weight is 272 g/mol. The van der Waals surface area contributed by atoms with Crippen LogP contribution in [-0.2, 0) is 0 Å². The highest BCUT2D eigenvalue weighted by atomic mass is 19.1. The highest BCUT2D eigenvalue weighted by molar-refractivity contribution is 5.78. The number of halogens is 1. The number of carbonyl (C=O) groups is 1. The van der Waals surface area contributed by atoms with Crippen LogP contribution in [0.25, 0.3) is 11.1 Å². The second-order valence-electron chi connectivity index (χ2n) is 5.36. The molecule has 1 heterocycles. The molecule has 3 nitrogen and oxygen atoms in total. The average Bonchev–Trinajstić information content (AvgIpc) is 2.98. The number of hydrogen-bond acceptors (Lipinski definition) is 2. The largest absolute Gasteiger partial charge is 0.298 e. The summed E-state index contributed by atoms with van der Waals surface area (Å²) in [5, 5.41) is 4.37. The van der Waals surface area contributed by atoms with Gasteiger partial charge >= 0.3 is 0 Å². The second kappa shape index (κ2) is 5.57. The number of aromatic nitrogens is 2. The van der Waals surface area contributed by atoms with Gasteiger partial charge in [0.05, 0.1) is 12.2 Å². The van der Waals surface area contributed by atoms with E-state index in [-0.39, 0.29) is 5.82 Å². The van der Waals surface area contributed by atoms with Crippen LogP contribution in [0.15, 0.2) is 30.6 Å². The smallest absolute Gasteiger partial charge is 0.150 e. The van der Waals surface area contributed by atoms with Gasteiger partial charge < -0.3 is 0 Å². The fourth-order valence-corrected chi connectivity index (χ4v) is 2.86. The molecule has 104 valence electrons. The Morgan fingerprint density at radius 1 is 1.25 bits per heavy atom. The van der Waals surface area contributed by atoms with Gasteiger partial charge in [-0.1, -0.05) is 19.3 Å². The lowest BCUT2D eigenvalue weighted by Crippen LogP contribution is -2.12. The van der Waals surface area contributed by atoms with Crippen molar-refractivity contribution in [1.82, 2.24) is 9.78 Å². The quantitative estimate of drug-likeness (QED) is 0.791. The van der Waals surface area contributed by atoms with Gasteiger partial charge in [0, 0.05) is 22.9 Å². The molecule has 1 fully saturated rings. The summed E-state index contributed by atoms with van der Waals surface area (Å²) in [6, 6.07) is 4.81. The van der Waals surface area contributed by atoms with Crippen molar-refractivity contribution in [2.75, 3.05) is 0 Å². The van der Waals surface area contributed by atoms with Crippen LogP contribution in [0.5, 0.6) is 0 Å². The predicted octanol–water partition coefficient (Wildman–Crippen LogP) is 4.01. The maximum absolute atomic E-state index is 13.9. The first-order valence-corrected chi connectivity index (χ1v) is 7.07. The molecule has 1 aliphatic rings. The number of rotatable bonds is 3. The minimum absolute atomic E-state index is 0.321. The summed E-state index contributed by atoms with van der Waals surface area (Å²) in [4.78, 5) is 10.8. The summed E-state index contributed by atoms with van der Waals surface area (Å²) in [5.74, 6) is -0.321. The monoisotopic (exact) mass is 272 g/mol. The van der Waals surface area contributed by atoms with Crippen LogP contribution in [0.4, 0.5) is 4.39 Å². The first-order valence-electron chi connectivity index (χ1n) is 7.07. The third kappa shape index (κ3) is 2.50. The number of nitrogens with zero attached hydrogens (tertiary/aromatic N) is 2. The molecule has 1 aromatic carbocycles. The number of aldehydes is 1. The zero-order chi connectivity index (χ0) is 13.9. The zero-order valence-corrected chi connectivity index (χ0v) is 11.3. The van der Waals surface area contributed by atoms with E-state index in [1.807, 2.05) is 10.9 Å². The van der Waals surface area contributed by atoms with Crippen molar-refractivity contribution in [1.29, 1.82) is 0 Å². The SMILES string of the molecule is O=Cc1ccc(F)c(-c2cnn(C3CCCCC3)c2)c1. The second-order valence-corrected chi connectivity index (χ2v) is 5.36. The van der Waals surface area contributed by atoms with E-state index < -0.39 is 0 Å². The van der Waals surface area contributed by atoms with Crippen LogP contribution in [0.2, 0.25) is 0 Å². The molecule has 0 atom stereocenters. The van der Waals surface area contributed by atoms with E-state index >= 15 is 0 Å². The minimum atomic E-state index is -0.321. The molecule has 4 heteroatoms. The summed E-state index contributed by atoms with van der Waals surface area (Å²) in [6.45, 7) is 0. The van der Waals surface area contributed by atoms with E-state index in [0.29, 0.717) is 17.2 Å². The van der Waals surface area contributed by atoms with Crippen molar-refractivity contribution in [3.8, 4) is 11.1 Å². The van der Waals surface area contributed by atoms with Crippen molar-refractivity contribution in [3.05, 3.63) is 42.0 Å². The van der Waals surface area contributed by atoms with Gasteiger partial charge in [0.2, 0.25) is 0 Å². The maximum atomic E-state index is 13.9. The molecular formula is C16H17FN2O. The van der Waals surface area contributed by atoms with Crippen LogP contribution in [0.1, 0.15) is 48.5 Å². The Balaban J connectivity index is 1.91. The van der Waals surface area contributed by atoms with Crippen LogP contribution in [-0.4, -0.2) is 16.1 Å². The fraction of sp³-hybridized carbons (Fsp3) is 0.375. The molecule has 0 saturated heterocycles. The lowest BCUT2D eigenvalue weighted by molar-refractivity contribution is 0.112. The topological polar surface area (TPSA) is 34.9 Å². The van der Waals surface area contributed by atoms with Gasteiger partial charge in [-0.2, -0.15) is 5.10 Å². The van der Waals surface area contributed by atoms with Crippen LogP contribution in [0.3, 0.4) is 0 Å². The normalized spacial score (nSPS) is 16.2. The molecule has 0 aliphatic heterocycles. The molecule has 0 bridgehead atoms. The Bertz CT molecular complexity index is 615. The minimum Gasteiger partial charge on any atom is -0.298 e. The molecule has 0 radical (unpaired) electrons. The van der Waals surface area contributed by atoms with Crippen molar-refractivity contribution in [2.24, 2.45) is 0 Å². The molecule has 1 aromatic heterocycles. The van der Waals surface area contributed by atoms with E-state index in [9.17, 15) is 9.18 Å². The Morgan fingerprint density at radius 3 is 2.80 bits per heavy atom. The molecule has 0 amide bonds. The van der Waals surface area contributed by atoms with Crippen LogP contribution in [0, 0.1) is 5.82 Å². The molecule has 0 spiro atoms. The number of carbonyl (C=O) groups excluding carboxylic acids is 1. The van der Waals surface area contributed by atoms with Crippen LogP contribution < -0.4 is 0 Å². The van der Waals surface area contributed by atoms with E-state index in [1.54, 1.807) is 12.3 Å². The van der Waals surface area contributed by atoms with E-state index in [0.717, 1.165) is 24.7 Å². The summed E-state index contributed by atoms with van der Waals surface area (Å²) < 4.78 is 15.8. The summed E-state index contributed by atoms with van der Waals surface area (Å²) in [6.07, 6.45) is 10.3. The highest BCUT2D eigenvalue weighted by Crippen LogP contribution is 2.30. The van der Waals surface area contributed by atoms with Gasteiger partial charge in [-0.25, -0.2) is 4.39 Å². The highest BCUT2D eigenvalue weighted by Gasteiger charge is 2.17. The third-order valence-electron chi connectivity index (χ3n) is 3.99. The van der Waals surface area contributed by atoms with E-state index in [4.69, 9.17) is 0 Å². The van der Waals surface area contributed by atoms with Crippen molar-refractivity contribution in [3.63, 3.8) is 0 Å². The first kappa shape index (κ1) is 13.0. The van der Waals surface area contributed by atoms with Gasteiger partial charge in [-0.15, -0.1) is 0 Å². The molecular weight excluding hydrogens is 255 g/mol. The Hall–Kier alpha value is -1.97. The zero-order valence-electron chi connectivity index (χ0n) is 11.3. The van der Waals surface area contributed by atoms with Gasteiger partial charge in [0.15, 0.2) is 0 Å². The Kier molecular flexibility index (Phi) is 3.63. The standard InChI is InChI=1S/C16H17FN2O/c17-16-7-6-12(11-20)8-15(16)13-9-18-19(10-13)14-4-2-1-3-5-14/h6-11,14H,1-5H2. The molecule has 1 aliphatic carbocycles. The van der Waals surface area contributed by atoms with Gasteiger partial charge in [0.1, 0.15) is 12.1 Å². The summed E-state index contributed by atoms with van der Waals surface area (Å²) >= 11 is 0. The molecule has 1 saturated carbocycles. The Morgan fingerprint density at radius 2 is 2.05 bits per heavy atom. The molecule has 0 unspecified atom stereocenters. The molecule has 20 heavy (non-hydrogen) atoms. The molecule has 0 N–H and O–H groups in total. The van der Waals surface area contributed by atoms with Crippen molar-refractivity contribution in [2.45, 2.75) is 38.1 Å². The third-order valence-corrected chi connectivity index (χ3v) is 3.99. The van der Waals surface area contributed by atoms with E-state index in [1.165, 1.54) is 31.4 Å². The molecule has 3 rings (SSSR count). The van der Waals surface area contributed by atoms with Gasteiger partial charge in [-0.3, -0.25) is 9.48 Å². The maximum Gasteiger partial charge on any atom is 0.150 e. The number of benzene rings is 1.